The third-order valence-electron chi connectivity index (χ3n) is 7.24. The van der Waals surface area contributed by atoms with Crippen LogP contribution in [0.4, 0.5) is 4.79 Å². The largest absolute Gasteiger partial charge is 0.444 e. The molecule has 1 atom stereocenters. The molecule has 0 fully saturated rings. The number of carbonyl (C=O) groups is 1. The van der Waals surface area contributed by atoms with Crippen LogP contribution in [0.3, 0.4) is 0 Å². The van der Waals surface area contributed by atoms with Crippen LogP contribution in [0.1, 0.15) is 43.0 Å². The molecule has 0 aliphatic heterocycles. The molecule has 5 rings (SSSR count). The number of amides is 1. The number of aromatic nitrogens is 1. The lowest BCUT2D eigenvalue weighted by molar-refractivity contribution is 0.0509. The first-order valence-electron chi connectivity index (χ1n) is 14.8. The van der Waals surface area contributed by atoms with E-state index in [1.54, 1.807) is 11.8 Å². The van der Waals surface area contributed by atoms with Gasteiger partial charge >= 0.3 is 6.09 Å². The van der Waals surface area contributed by atoms with Gasteiger partial charge in [-0.2, -0.15) is 0 Å². The van der Waals surface area contributed by atoms with Crippen molar-refractivity contribution in [3.63, 3.8) is 0 Å². The fourth-order valence-corrected chi connectivity index (χ4v) is 6.84. The second kappa shape index (κ2) is 13.8. The molecule has 6 heteroatoms. The summed E-state index contributed by atoms with van der Waals surface area (Å²) in [6.45, 7) is 5.51. The van der Waals surface area contributed by atoms with Crippen molar-refractivity contribution in [2.75, 3.05) is 5.75 Å². The maximum atomic E-state index is 13.3. The van der Waals surface area contributed by atoms with Gasteiger partial charge in [-0.3, -0.25) is 5.11 Å². The summed E-state index contributed by atoms with van der Waals surface area (Å²) in [7, 11) is 0. The van der Waals surface area contributed by atoms with Crippen molar-refractivity contribution in [2.45, 2.75) is 43.6 Å². The number of nitrogens with zero attached hydrogens (tertiary/aromatic N) is 1. The Morgan fingerprint density at radius 1 is 0.727 bits per heavy atom. The number of nitrogens with one attached hydrogen (secondary N) is 1. The topological polar surface area (TPSA) is 71.1 Å². The van der Waals surface area contributed by atoms with Gasteiger partial charge in [0.05, 0.1) is 10.4 Å². The van der Waals surface area contributed by atoms with Crippen LogP contribution in [0.25, 0.3) is 11.3 Å². The van der Waals surface area contributed by atoms with E-state index in [0.717, 1.165) is 22.3 Å². The van der Waals surface area contributed by atoms with Gasteiger partial charge in [-0.05, 0) is 49.9 Å². The standard InChI is InChI=1S/C38H37N2O3S/c1-37(2,3)43-36(42)39-33(26-29-24-25-34(40-35(29)41)28-16-8-4-9-17-28)27-44-38(30-18-10-5-11-19-30,31-20-12-6-13-21-31)32-22-14-7-15-23-32/h4-25,33H,26-27H2,1-3H3,(H,39,42). The highest BCUT2D eigenvalue weighted by atomic mass is 32.2. The van der Waals surface area contributed by atoms with Gasteiger partial charge in [0.25, 0.3) is 5.88 Å². The molecule has 0 aliphatic carbocycles. The lowest BCUT2D eigenvalue weighted by Gasteiger charge is -2.36. The maximum absolute atomic E-state index is 13.3. The van der Waals surface area contributed by atoms with E-state index in [1.807, 2.05) is 81.4 Å². The van der Waals surface area contributed by atoms with Crippen molar-refractivity contribution in [3.05, 3.63) is 156 Å². The Kier molecular flexibility index (Phi) is 9.71. The third-order valence-corrected chi connectivity index (χ3v) is 8.95. The quantitative estimate of drug-likeness (QED) is 0.162. The van der Waals surface area contributed by atoms with Crippen LogP contribution in [0, 0.1) is 0 Å². The van der Waals surface area contributed by atoms with Gasteiger partial charge in [0.2, 0.25) is 0 Å². The molecule has 4 aromatic carbocycles. The summed E-state index contributed by atoms with van der Waals surface area (Å²) < 4.78 is 5.07. The van der Waals surface area contributed by atoms with Crippen LogP contribution in [0.5, 0.6) is 5.88 Å². The Labute approximate surface area is 264 Å². The molecule has 1 aromatic heterocycles. The van der Waals surface area contributed by atoms with Crippen molar-refractivity contribution in [2.24, 2.45) is 0 Å². The molecular formula is C38H37N2O3S. The van der Waals surface area contributed by atoms with Gasteiger partial charge < -0.3 is 10.1 Å². The van der Waals surface area contributed by atoms with Crippen LogP contribution in [-0.2, 0) is 21.0 Å². The highest BCUT2D eigenvalue weighted by molar-refractivity contribution is 8.00. The van der Waals surface area contributed by atoms with Crippen LogP contribution in [0.15, 0.2) is 133 Å². The van der Waals surface area contributed by atoms with Crippen LogP contribution >= 0.6 is 11.8 Å². The Bertz CT molecular complexity index is 1540. The van der Waals surface area contributed by atoms with E-state index in [-0.39, 0.29) is 5.88 Å². The molecule has 1 radical (unpaired) electrons. The molecule has 1 N–H and O–H groups in total. The van der Waals surface area contributed by atoms with Gasteiger partial charge in [0.1, 0.15) is 5.60 Å². The molecule has 0 aliphatic rings. The zero-order valence-electron chi connectivity index (χ0n) is 25.3. The molecule has 0 bridgehead atoms. The van der Waals surface area contributed by atoms with Crippen molar-refractivity contribution >= 4 is 17.9 Å². The van der Waals surface area contributed by atoms with E-state index in [0.29, 0.717) is 23.4 Å². The molecule has 44 heavy (non-hydrogen) atoms. The van der Waals surface area contributed by atoms with E-state index < -0.39 is 22.5 Å². The zero-order chi connectivity index (χ0) is 31.0. The van der Waals surface area contributed by atoms with E-state index in [9.17, 15) is 9.90 Å². The molecule has 1 unspecified atom stereocenters. The molecule has 1 amide bonds. The number of benzene rings is 4. The minimum atomic E-state index is -0.660. The summed E-state index contributed by atoms with van der Waals surface area (Å²) >= 11 is 1.73. The lowest BCUT2D eigenvalue weighted by Crippen LogP contribution is -2.42. The summed E-state index contributed by atoms with van der Waals surface area (Å²) in [5.74, 6) is 0.199. The Hall–Kier alpha value is -4.55. The first-order valence-corrected chi connectivity index (χ1v) is 15.8. The molecule has 0 saturated heterocycles. The smallest absolute Gasteiger partial charge is 0.407 e. The van der Waals surface area contributed by atoms with Crippen molar-refractivity contribution in [3.8, 4) is 17.1 Å². The lowest BCUT2D eigenvalue weighted by atomic mass is 9.84. The van der Waals surface area contributed by atoms with E-state index in [4.69, 9.17) is 4.74 Å². The number of alkyl carbamates (subject to hydrolysis) is 1. The predicted molar refractivity (Wildman–Crippen MR) is 178 cm³/mol. The Morgan fingerprint density at radius 2 is 1.20 bits per heavy atom. The monoisotopic (exact) mass is 601 g/mol. The van der Waals surface area contributed by atoms with Crippen molar-refractivity contribution in [1.82, 2.24) is 10.3 Å². The van der Waals surface area contributed by atoms with Crippen LogP contribution in [0.2, 0.25) is 0 Å². The second-order valence-corrected chi connectivity index (χ2v) is 12.9. The highest BCUT2D eigenvalue weighted by Gasteiger charge is 2.38. The Balaban J connectivity index is 1.52. The average molecular weight is 602 g/mol. The molecule has 0 saturated carbocycles. The number of hydrogen-bond acceptors (Lipinski definition) is 4. The van der Waals surface area contributed by atoms with E-state index in [1.165, 1.54) is 0 Å². The predicted octanol–water partition coefficient (Wildman–Crippen LogP) is 9.05. The number of ether oxygens (including phenoxy) is 1. The minimum absolute atomic E-state index is 0.298. The van der Waals surface area contributed by atoms with Gasteiger partial charge in [0.15, 0.2) is 0 Å². The molecule has 0 spiro atoms. The summed E-state index contributed by atoms with van der Waals surface area (Å²) in [6.07, 6.45) is -0.212. The van der Waals surface area contributed by atoms with Gasteiger partial charge in [-0.15, -0.1) is 11.8 Å². The summed E-state index contributed by atoms with van der Waals surface area (Å²) in [5, 5.41) is 16.3. The van der Waals surface area contributed by atoms with Gasteiger partial charge in [0, 0.05) is 22.9 Å². The minimum Gasteiger partial charge on any atom is -0.444 e. The summed E-state index contributed by atoms with van der Waals surface area (Å²) in [6, 6.07) is 44.1. The molecule has 5 nitrogen and oxygen atoms in total. The number of rotatable bonds is 10. The first-order chi connectivity index (χ1) is 21.2. The fourth-order valence-electron chi connectivity index (χ4n) is 5.28. The average Bonchev–Trinajstić information content (AvgIpc) is 3.03. The van der Waals surface area contributed by atoms with Crippen LogP contribution in [-0.4, -0.2) is 28.5 Å². The normalized spacial score (nSPS) is 12.3. The van der Waals surface area contributed by atoms with Gasteiger partial charge in [-0.1, -0.05) is 127 Å². The molecular weight excluding hydrogens is 564 g/mol. The van der Waals surface area contributed by atoms with Crippen molar-refractivity contribution in [1.29, 1.82) is 0 Å². The maximum Gasteiger partial charge on any atom is 0.407 e. The summed E-state index contributed by atoms with van der Waals surface area (Å²) in [5.41, 5.74) is 4.75. The second-order valence-electron chi connectivity index (χ2n) is 11.7. The van der Waals surface area contributed by atoms with Crippen LogP contribution < -0.4 is 5.32 Å². The SMILES string of the molecule is CC(C)(C)OC(=O)NC(CSC(c1ccccc1)(c1ccccc1)c1ccccc1)Cc1ccc(-c2ccccc2)nc1[O]. The van der Waals surface area contributed by atoms with E-state index in [2.05, 4.69) is 83.1 Å². The zero-order valence-corrected chi connectivity index (χ0v) is 26.1. The first kappa shape index (κ1) is 30.9. The number of pyridine rings is 1. The van der Waals surface area contributed by atoms with Gasteiger partial charge in [-0.25, -0.2) is 9.78 Å². The Morgan fingerprint density at radius 3 is 1.66 bits per heavy atom. The fraction of sp³-hybridized carbons (Fsp3) is 0.211. The number of hydrogen-bond donors (Lipinski definition) is 1. The molecule has 223 valence electrons. The summed E-state index contributed by atoms with van der Waals surface area (Å²) in [4.78, 5) is 17.5. The van der Waals surface area contributed by atoms with E-state index >= 15 is 0 Å². The molecule has 5 aromatic rings. The van der Waals surface area contributed by atoms with Crippen molar-refractivity contribution < 1.29 is 14.6 Å². The molecule has 1 heterocycles. The highest BCUT2D eigenvalue weighted by Crippen LogP contribution is 2.48. The third kappa shape index (κ3) is 7.50. The number of carbonyl (C=O) groups excluding carboxylic acids is 1. The number of thioether (sulfide) groups is 1.